The lowest BCUT2D eigenvalue weighted by Crippen LogP contribution is -2.44. The molecule has 1 saturated carbocycles. The molecule has 1 unspecified atom stereocenters. The predicted molar refractivity (Wildman–Crippen MR) is 123 cm³/mol. The highest BCUT2D eigenvalue weighted by atomic mass is 32.1. The summed E-state index contributed by atoms with van der Waals surface area (Å²) in [7, 11) is 0. The summed E-state index contributed by atoms with van der Waals surface area (Å²) in [4.78, 5) is 25.0. The van der Waals surface area contributed by atoms with E-state index in [1.165, 1.54) is 11.3 Å². The summed E-state index contributed by atoms with van der Waals surface area (Å²) in [5.41, 5.74) is 0.0649. The summed E-state index contributed by atoms with van der Waals surface area (Å²) in [6, 6.07) is 2.09. The summed E-state index contributed by atoms with van der Waals surface area (Å²) in [6.45, 7) is 9.58. The van der Waals surface area contributed by atoms with E-state index in [0.29, 0.717) is 17.1 Å². The van der Waals surface area contributed by atoms with E-state index >= 15 is 0 Å². The van der Waals surface area contributed by atoms with Gasteiger partial charge in [0.2, 0.25) is 0 Å². The molecule has 1 amide bonds. The van der Waals surface area contributed by atoms with Crippen LogP contribution in [-0.4, -0.2) is 47.9 Å². The van der Waals surface area contributed by atoms with E-state index in [4.69, 9.17) is 4.74 Å². The van der Waals surface area contributed by atoms with Crippen molar-refractivity contribution in [2.75, 3.05) is 18.4 Å². The zero-order chi connectivity index (χ0) is 22.6. The van der Waals surface area contributed by atoms with Gasteiger partial charge >= 0.3 is 12.1 Å². The van der Waals surface area contributed by atoms with Crippen LogP contribution in [-0.2, 0) is 4.74 Å². The molecule has 2 aliphatic rings. The van der Waals surface area contributed by atoms with Gasteiger partial charge in [-0.3, -0.25) is 0 Å². The van der Waals surface area contributed by atoms with Crippen molar-refractivity contribution >= 4 is 29.1 Å². The van der Waals surface area contributed by atoms with Crippen LogP contribution in [0, 0.1) is 17.3 Å². The first-order valence-electron chi connectivity index (χ1n) is 10.9. The number of amides is 1. The average Bonchev–Trinajstić information content (AvgIpc) is 3.27. The minimum Gasteiger partial charge on any atom is -0.477 e. The fourth-order valence-electron chi connectivity index (χ4n) is 3.87. The van der Waals surface area contributed by atoms with Crippen molar-refractivity contribution in [3.05, 3.63) is 15.8 Å². The van der Waals surface area contributed by atoms with Crippen LogP contribution < -0.4 is 16.0 Å². The molecule has 2 heterocycles. The third-order valence-corrected chi connectivity index (χ3v) is 6.60. The zero-order valence-corrected chi connectivity index (χ0v) is 19.6. The maximum atomic E-state index is 12.2. The Morgan fingerprint density at radius 3 is 2.52 bits per heavy atom. The highest BCUT2D eigenvalue weighted by Crippen LogP contribution is 2.31. The number of ether oxygens (including phenoxy) is 1. The third kappa shape index (κ3) is 6.88. The predicted octanol–water partition coefficient (Wildman–Crippen LogP) is 4.05. The largest absolute Gasteiger partial charge is 0.477 e. The van der Waals surface area contributed by atoms with Gasteiger partial charge in [0.25, 0.3) is 0 Å². The van der Waals surface area contributed by atoms with Crippen LogP contribution in [0.15, 0.2) is 6.07 Å². The minimum absolute atomic E-state index is 0.0816. The number of thiophene rings is 1. The van der Waals surface area contributed by atoms with Crippen LogP contribution in [0.5, 0.6) is 0 Å². The van der Waals surface area contributed by atoms with E-state index in [9.17, 15) is 14.7 Å². The molecule has 2 fully saturated rings. The molecule has 8 heteroatoms. The van der Waals surface area contributed by atoms with E-state index < -0.39 is 11.6 Å². The molecular formula is C23H33N3O4S. The molecule has 3 rings (SSSR count). The summed E-state index contributed by atoms with van der Waals surface area (Å²) in [5.74, 6) is 5.31. The highest BCUT2D eigenvalue weighted by molar-refractivity contribution is 7.15. The monoisotopic (exact) mass is 447 g/mol. The molecule has 0 spiro atoms. The normalized spacial score (nSPS) is 25.9. The number of hydrogen-bond acceptors (Lipinski definition) is 6. The van der Waals surface area contributed by atoms with Gasteiger partial charge in [-0.1, -0.05) is 11.8 Å². The van der Waals surface area contributed by atoms with Gasteiger partial charge < -0.3 is 25.8 Å². The first-order chi connectivity index (χ1) is 14.5. The van der Waals surface area contributed by atoms with Crippen LogP contribution in [0.3, 0.4) is 0 Å². The molecule has 1 aliphatic carbocycles. The number of carboxylic acids is 1. The molecule has 1 aliphatic heterocycles. The van der Waals surface area contributed by atoms with Gasteiger partial charge in [0.15, 0.2) is 0 Å². The van der Waals surface area contributed by atoms with E-state index in [1.807, 2.05) is 33.8 Å². The van der Waals surface area contributed by atoms with E-state index in [1.54, 1.807) is 0 Å². The SMILES string of the molecule is CC(C)(C)C#Cc1cc(N[C@H]2CC[C@H](NC(=O)OC3(C)CCNC3)CC2)c(C(=O)O)s1. The zero-order valence-electron chi connectivity index (χ0n) is 18.8. The fourth-order valence-corrected chi connectivity index (χ4v) is 4.68. The van der Waals surface area contributed by atoms with Crippen molar-refractivity contribution in [1.82, 2.24) is 10.6 Å². The maximum Gasteiger partial charge on any atom is 0.407 e. The lowest BCUT2D eigenvalue weighted by molar-refractivity contribution is 0.0368. The molecule has 1 saturated heterocycles. The summed E-state index contributed by atoms with van der Waals surface area (Å²) in [6.07, 6.45) is 3.82. The molecule has 1 aromatic rings. The van der Waals surface area contributed by atoms with Gasteiger partial charge in [0, 0.05) is 30.5 Å². The quantitative estimate of drug-likeness (QED) is 0.508. The van der Waals surface area contributed by atoms with Gasteiger partial charge in [0.1, 0.15) is 10.5 Å². The lowest BCUT2D eigenvalue weighted by Gasteiger charge is -2.31. The summed E-state index contributed by atoms with van der Waals surface area (Å²) >= 11 is 1.21. The minimum atomic E-state index is -0.940. The van der Waals surface area contributed by atoms with E-state index in [-0.39, 0.29) is 23.6 Å². The van der Waals surface area contributed by atoms with Gasteiger partial charge in [-0.2, -0.15) is 0 Å². The van der Waals surface area contributed by atoms with Gasteiger partial charge in [-0.05, 0) is 66.0 Å². The van der Waals surface area contributed by atoms with Crippen LogP contribution in [0.2, 0.25) is 0 Å². The van der Waals surface area contributed by atoms with Crippen LogP contribution in [0.25, 0.3) is 0 Å². The second-order valence-electron chi connectivity index (χ2n) is 9.76. The number of rotatable bonds is 5. The van der Waals surface area contributed by atoms with Gasteiger partial charge in [-0.25, -0.2) is 9.59 Å². The van der Waals surface area contributed by atoms with Crippen LogP contribution in [0.1, 0.15) is 74.3 Å². The molecule has 7 nitrogen and oxygen atoms in total. The molecule has 0 bridgehead atoms. The molecule has 170 valence electrons. The Labute approximate surface area is 188 Å². The average molecular weight is 448 g/mol. The van der Waals surface area contributed by atoms with Crippen LogP contribution >= 0.6 is 11.3 Å². The molecule has 4 N–H and O–H groups in total. The number of nitrogens with one attached hydrogen (secondary N) is 3. The highest BCUT2D eigenvalue weighted by Gasteiger charge is 2.33. The third-order valence-electron chi connectivity index (χ3n) is 5.56. The topological polar surface area (TPSA) is 99.7 Å². The molecule has 31 heavy (non-hydrogen) atoms. The van der Waals surface area contributed by atoms with Gasteiger partial charge in [0.05, 0.1) is 10.6 Å². The van der Waals surface area contributed by atoms with Crippen LogP contribution in [0.4, 0.5) is 10.5 Å². The maximum absolute atomic E-state index is 12.2. The number of aromatic carboxylic acids is 1. The molecule has 0 aromatic carbocycles. The van der Waals surface area contributed by atoms with Crippen molar-refractivity contribution in [2.45, 2.75) is 77.5 Å². The number of hydrogen-bond donors (Lipinski definition) is 4. The van der Waals surface area contributed by atoms with Crippen molar-refractivity contribution < 1.29 is 19.4 Å². The number of alkyl carbamates (subject to hydrolysis) is 1. The van der Waals surface area contributed by atoms with E-state index in [2.05, 4.69) is 27.8 Å². The first-order valence-corrected chi connectivity index (χ1v) is 11.7. The standard InChI is InChI=1S/C23H33N3O4S/c1-22(2,3)10-9-17-13-18(19(31-17)20(27)28)25-15-5-7-16(8-6-15)26-21(29)30-23(4)11-12-24-14-23/h13,15-16,24-25H,5-8,11-12,14H2,1-4H3,(H,26,29)(H,27,28)/t15-,16-,23?. The lowest BCUT2D eigenvalue weighted by atomic mass is 9.91. The fraction of sp³-hybridized carbons (Fsp3) is 0.652. The Kier molecular flexibility index (Phi) is 7.17. The first kappa shape index (κ1) is 23.4. The molecule has 1 atom stereocenters. The van der Waals surface area contributed by atoms with Crippen molar-refractivity contribution in [3.8, 4) is 11.8 Å². The Balaban J connectivity index is 1.53. The molecule has 1 aromatic heterocycles. The summed E-state index contributed by atoms with van der Waals surface area (Å²) < 4.78 is 5.61. The Morgan fingerprint density at radius 2 is 1.94 bits per heavy atom. The molecular weight excluding hydrogens is 414 g/mol. The van der Waals surface area contributed by atoms with Crippen molar-refractivity contribution in [1.29, 1.82) is 0 Å². The number of carbonyl (C=O) groups is 2. The number of anilines is 1. The summed E-state index contributed by atoms with van der Waals surface area (Å²) in [5, 5.41) is 19.2. The number of carboxylic acid groups (broad SMARTS) is 1. The van der Waals surface area contributed by atoms with Crippen molar-refractivity contribution in [3.63, 3.8) is 0 Å². The Bertz CT molecular complexity index is 864. The smallest absolute Gasteiger partial charge is 0.407 e. The Morgan fingerprint density at radius 1 is 1.26 bits per heavy atom. The van der Waals surface area contributed by atoms with E-state index in [0.717, 1.165) is 43.5 Å². The second-order valence-corrected chi connectivity index (χ2v) is 10.8. The van der Waals surface area contributed by atoms with Crippen molar-refractivity contribution in [2.24, 2.45) is 5.41 Å². The Hall–Kier alpha value is -2.24. The molecule has 0 radical (unpaired) electrons. The second kappa shape index (κ2) is 9.49. The van der Waals surface area contributed by atoms with Gasteiger partial charge in [-0.15, -0.1) is 11.3 Å². The number of carbonyl (C=O) groups excluding carboxylic acids is 1.